The number of rotatable bonds is 4. The van der Waals surface area contributed by atoms with Gasteiger partial charge in [-0.25, -0.2) is 0 Å². The summed E-state index contributed by atoms with van der Waals surface area (Å²) in [6.45, 7) is 2.23. The van der Waals surface area contributed by atoms with Crippen LogP contribution in [0.5, 0.6) is 0 Å². The van der Waals surface area contributed by atoms with E-state index in [9.17, 15) is 4.79 Å². The third kappa shape index (κ3) is 3.18. The van der Waals surface area contributed by atoms with Crippen molar-refractivity contribution in [2.75, 3.05) is 0 Å². The van der Waals surface area contributed by atoms with Crippen LogP contribution in [0, 0.1) is 11.8 Å². The molecule has 1 saturated carbocycles. The summed E-state index contributed by atoms with van der Waals surface area (Å²) in [5.41, 5.74) is 1.17. The maximum absolute atomic E-state index is 12.7. The monoisotopic (exact) mass is 280 g/mol. The van der Waals surface area contributed by atoms with Gasteiger partial charge in [0.05, 0.1) is 0 Å². The number of carbonyl (C=O) groups is 1. The topological polar surface area (TPSA) is 17.1 Å². The van der Waals surface area contributed by atoms with E-state index in [1.807, 2.05) is 0 Å². The van der Waals surface area contributed by atoms with E-state index in [0.717, 1.165) is 12.8 Å². The zero-order chi connectivity index (χ0) is 14.7. The van der Waals surface area contributed by atoms with Gasteiger partial charge in [-0.15, -0.1) is 0 Å². The molecule has 0 spiro atoms. The molecule has 0 aliphatic heterocycles. The van der Waals surface area contributed by atoms with Crippen molar-refractivity contribution in [3.8, 4) is 0 Å². The molecule has 2 atom stereocenters. The Kier molecular flexibility index (Phi) is 4.38. The second-order valence-corrected chi connectivity index (χ2v) is 6.38. The van der Waals surface area contributed by atoms with E-state index in [1.165, 1.54) is 35.6 Å². The van der Waals surface area contributed by atoms with Gasteiger partial charge < -0.3 is 0 Å². The molecule has 1 fully saturated rings. The van der Waals surface area contributed by atoms with Gasteiger partial charge in [-0.05, 0) is 35.1 Å². The van der Waals surface area contributed by atoms with Crippen molar-refractivity contribution in [2.45, 2.75) is 45.4 Å². The van der Waals surface area contributed by atoms with Gasteiger partial charge in [-0.1, -0.05) is 68.7 Å². The Morgan fingerprint density at radius 1 is 1.05 bits per heavy atom. The Morgan fingerprint density at radius 3 is 2.62 bits per heavy atom. The zero-order valence-corrected chi connectivity index (χ0v) is 12.8. The molecule has 1 heteroatoms. The molecule has 21 heavy (non-hydrogen) atoms. The quantitative estimate of drug-likeness (QED) is 0.755. The highest BCUT2D eigenvalue weighted by Gasteiger charge is 2.29. The number of hydrogen-bond donors (Lipinski definition) is 0. The van der Waals surface area contributed by atoms with Gasteiger partial charge in [-0.2, -0.15) is 0 Å². The molecular weight excluding hydrogens is 256 g/mol. The number of fused-ring (bicyclic) bond motifs is 1. The molecule has 0 N–H and O–H groups in total. The van der Waals surface area contributed by atoms with Crippen molar-refractivity contribution in [1.29, 1.82) is 0 Å². The lowest BCUT2D eigenvalue weighted by molar-refractivity contribution is -0.125. The summed E-state index contributed by atoms with van der Waals surface area (Å²) in [5.74, 6) is 1.37. The normalized spacial score (nSPS) is 22.3. The summed E-state index contributed by atoms with van der Waals surface area (Å²) in [4.78, 5) is 12.7. The minimum atomic E-state index is 0.301. The SMILES string of the molecule is CCC1CCCCC1C(=O)Cc1ccc2ccccc2c1. The van der Waals surface area contributed by atoms with Crippen LogP contribution in [0.25, 0.3) is 10.8 Å². The molecule has 3 rings (SSSR count). The minimum absolute atomic E-state index is 0.301. The molecule has 0 saturated heterocycles. The first-order valence-corrected chi connectivity index (χ1v) is 8.28. The first-order valence-electron chi connectivity index (χ1n) is 8.28. The minimum Gasteiger partial charge on any atom is -0.299 e. The second-order valence-electron chi connectivity index (χ2n) is 6.38. The molecule has 0 bridgehead atoms. The third-order valence-corrected chi connectivity index (χ3v) is 5.04. The Morgan fingerprint density at radius 2 is 1.81 bits per heavy atom. The standard InChI is InChI=1S/C20H24O/c1-2-16-7-5-6-10-19(16)20(21)14-15-11-12-17-8-3-4-9-18(17)13-15/h3-4,8-9,11-13,16,19H,2,5-7,10,14H2,1H3. The van der Waals surface area contributed by atoms with E-state index >= 15 is 0 Å². The van der Waals surface area contributed by atoms with Crippen molar-refractivity contribution in [3.05, 3.63) is 48.0 Å². The molecule has 1 nitrogen and oxygen atoms in total. The van der Waals surface area contributed by atoms with E-state index in [2.05, 4.69) is 49.4 Å². The molecule has 110 valence electrons. The summed E-state index contributed by atoms with van der Waals surface area (Å²) in [7, 11) is 0. The molecule has 2 aromatic rings. The van der Waals surface area contributed by atoms with Crippen LogP contribution < -0.4 is 0 Å². The maximum atomic E-state index is 12.7. The van der Waals surface area contributed by atoms with Crippen molar-refractivity contribution in [2.24, 2.45) is 11.8 Å². The molecule has 2 unspecified atom stereocenters. The molecule has 0 aromatic heterocycles. The average molecular weight is 280 g/mol. The van der Waals surface area contributed by atoms with Crippen LogP contribution >= 0.6 is 0 Å². The van der Waals surface area contributed by atoms with Crippen molar-refractivity contribution < 1.29 is 4.79 Å². The van der Waals surface area contributed by atoms with E-state index in [0.29, 0.717) is 24.0 Å². The van der Waals surface area contributed by atoms with Crippen LogP contribution in [-0.2, 0) is 11.2 Å². The van der Waals surface area contributed by atoms with Gasteiger partial charge in [0.15, 0.2) is 0 Å². The summed E-state index contributed by atoms with van der Waals surface area (Å²) in [6, 6.07) is 14.8. The van der Waals surface area contributed by atoms with Gasteiger partial charge in [0.2, 0.25) is 0 Å². The smallest absolute Gasteiger partial charge is 0.140 e. The lowest BCUT2D eigenvalue weighted by Crippen LogP contribution is -2.28. The van der Waals surface area contributed by atoms with Crippen LogP contribution in [0.4, 0.5) is 0 Å². The lowest BCUT2D eigenvalue weighted by atomic mass is 9.74. The third-order valence-electron chi connectivity index (χ3n) is 5.04. The van der Waals surface area contributed by atoms with Crippen LogP contribution in [0.3, 0.4) is 0 Å². The Balaban J connectivity index is 1.76. The van der Waals surface area contributed by atoms with Crippen LogP contribution in [0.15, 0.2) is 42.5 Å². The summed E-state index contributed by atoms with van der Waals surface area (Å²) >= 11 is 0. The number of carbonyl (C=O) groups excluding carboxylic acids is 1. The highest BCUT2D eigenvalue weighted by molar-refractivity contribution is 5.87. The Bertz CT molecular complexity index is 629. The van der Waals surface area contributed by atoms with Gasteiger partial charge in [0.25, 0.3) is 0 Å². The molecule has 0 heterocycles. The van der Waals surface area contributed by atoms with Gasteiger partial charge in [0.1, 0.15) is 5.78 Å². The Labute approximate surface area is 127 Å². The molecule has 0 radical (unpaired) electrons. The Hall–Kier alpha value is -1.63. The van der Waals surface area contributed by atoms with Crippen molar-refractivity contribution in [1.82, 2.24) is 0 Å². The number of hydrogen-bond acceptors (Lipinski definition) is 1. The fourth-order valence-electron chi connectivity index (χ4n) is 3.80. The number of Topliss-reactive ketones (excluding diaryl/α,β-unsaturated/α-hetero) is 1. The molecular formula is C20H24O. The largest absolute Gasteiger partial charge is 0.299 e. The molecule has 0 amide bonds. The highest BCUT2D eigenvalue weighted by Crippen LogP contribution is 2.33. The van der Waals surface area contributed by atoms with Crippen molar-refractivity contribution >= 4 is 16.6 Å². The van der Waals surface area contributed by atoms with Gasteiger partial charge >= 0.3 is 0 Å². The summed E-state index contributed by atoms with van der Waals surface area (Å²) < 4.78 is 0. The highest BCUT2D eigenvalue weighted by atomic mass is 16.1. The predicted octanol–water partition coefficient (Wildman–Crippen LogP) is 5.17. The van der Waals surface area contributed by atoms with E-state index in [1.54, 1.807) is 0 Å². The lowest BCUT2D eigenvalue weighted by Gasteiger charge is -2.29. The predicted molar refractivity (Wildman–Crippen MR) is 88.4 cm³/mol. The summed E-state index contributed by atoms with van der Waals surface area (Å²) in [6.07, 6.45) is 6.62. The van der Waals surface area contributed by atoms with E-state index in [-0.39, 0.29) is 0 Å². The fraction of sp³-hybridized carbons (Fsp3) is 0.450. The van der Waals surface area contributed by atoms with E-state index in [4.69, 9.17) is 0 Å². The maximum Gasteiger partial charge on any atom is 0.140 e. The molecule has 1 aliphatic rings. The average Bonchev–Trinajstić information content (AvgIpc) is 2.54. The number of ketones is 1. The van der Waals surface area contributed by atoms with Gasteiger partial charge in [-0.3, -0.25) is 4.79 Å². The first kappa shape index (κ1) is 14.3. The van der Waals surface area contributed by atoms with Crippen molar-refractivity contribution in [3.63, 3.8) is 0 Å². The van der Waals surface area contributed by atoms with Crippen LogP contribution in [0.2, 0.25) is 0 Å². The van der Waals surface area contributed by atoms with Gasteiger partial charge in [0, 0.05) is 12.3 Å². The number of benzene rings is 2. The van der Waals surface area contributed by atoms with Crippen LogP contribution in [-0.4, -0.2) is 5.78 Å². The zero-order valence-electron chi connectivity index (χ0n) is 12.8. The molecule has 2 aromatic carbocycles. The molecule has 1 aliphatic carbocycles. The first-order chi connectivity index (χ1) is 10.3. The van der Waals surface area contributed by atoms with E-state index < -0.39 is 0 Å². The summed E-state index contributed by atoms with van der Waals surface area (Å²) in [5, 5.41) is 2.48. The second kappa shape index (κ2) is 6.43. The van der Waals surface area contributed by atoms with Crippen LogP contribution in [0.1, 0.15) is 44.6 Å². The fourth-order valence-corrected chi connectivity index (χ4v) is 3.80.